The molecule has 1 aliphatic carbocycles. The second-order valence-corrected chi connectivity index (χ2v) is 6.98. The second-order valence-electron chi connectivity index (χ2n) is 6.98. The number of hydrogen-bond acceptors (Lipinski definition) is 8. The van der Waals surface area contributed by atoms with E-state index in [-0.39, 0.29) is 5.69 Å². The highest BCUT2D eigenvalue weighted by atomic mass is 16.7. The van der Waals surface area contributed by atoms with Gasteiger partial charge in [0.1, 0.15) is 6.10 Å². The third-order valence-electron chi connectivity index (χ3n) is 5.85. The molecule has 4 unspecified atom stereocenters. The Kier molecular flexibility index (Phi) is 3.55. The zero-order valence-electron chi connectivity index (χ0n) is 14.5. The van der Waals surface area contributed by atoms with Crippen molar-refractivity contribution in [2.24, 2.45) is 16.7 Å². The molecule has 0 radical (unpaired) electrons. The number of nitrogens with zero attached hydrogens (tertiary/aromatic N) is 4. The van der Waals surface area contributed by atoms with Crippen LogP contribution in [0, 0.1) is 66.3 Å². The monoisotopic (exact) mass is 375 g/mol. The summed E-state index contributed by atoms with van der Waals surface area (Å²) in [5.74, 6) is -2.57. The van der Waals surface area contributed by atoms with E-state index in [1.165, 1.54) is 24.3 Å². The second kappa shape index (κ2) is 5.63. The molecule has 2 aliphatic heterocycles. The molecule has 3 aliphatic rings. The van der Waals surface area contributed by atoms with Gasteiger partial charge in [0.15, 0.2) is 5.41 Å². The van der Waals surface area contributed by atoms with Crippen molar-refractivity contribution in [3.05, 3.63) is 52.1 Å². The molecule has 0 amide bonds. The Morgan fingerprint density at radius 1 is 1.18 bits per heavy atom. The molecule has 2 heterocycles. The van der Waals surface area contributed by atoms with Crippen LogP contribution in [0.15, 0.2) is 36.4 Å². The van der Waals surface area contributed by atoms with Gasteiger partial charge in [0, 0.05) is 12.1 Å². The van der Waals surface area contributed by atoms with Crippen molar-refractivity contribution in [3.8, 4) is 18.2 Å². The van der Waals surface area contributed by atoms with Gasteiger partial charge in [-0.1, -0.05) is 6.08 Å². The highest BCUT2D eigenvalue weighted by molar-refractivity contribution is 5.89. The lowest BCUT2D eigenvalue weighted by molar-refractivity contribution is -0.384. The maximum atomic E-state index is 10.9. The minimum atomic E-state index is -2.05. The number of nitrogens with one attached hydrogen (secondary N) is 1. The molecule has 4 rings (SSSR count). The Balaban J connectivity index is 1.97. The van der Waals surface area contributed by atoms with Crippen LogP contribution >= 0.6 is 0 Å². The lowest BCUT2D eigenvalue weighted by Crippen LogP contribution is -2.59. The zero-order valence-corrected chi connectivity index (χ0v) is 14.5. The first kappa shape index (κ1) is 17.7. The van der Waals surface area contributed by atoms with Crippen molar-refractivity contribution in [1.29, 1.82) is 21.2 Å². The molecule has 0 aromatic heterocycles. The highest BCUT2D eigenvalue weighted by Gasteiger charge is 2.80. The molecule has 1 N–H and O–H groups in total. The standard InChI is InChI=1S/C19H13N5O4/c20-9-17(10-21)15(12-4-6-13(7-5-12)24(25)26)27-19-8-2-1-3-14(19)18(17,11-22)16(23)28-19/h2,4-8,14-15,23H,1,3H2. The van der Waals surface area contributed by atoms with Gasteiger partial charge in [-0.3, -0.25) is 15.5 Å². The third kappa shape index (κ3) is 1.82. The summed E-state index contributed by atoms with van der Waals surface area (Å²) in [5.41, 5.74) is -3.70. The largest absolute Gasteiger partial charge is 0.444 e. The number of nitriles is 3. The van der Waals surface area contributed by atoms with Crippen LogP contribution in [0.2, 0.25) is 0 Å². The van der Waals surface area contributed by atoms with Gasteiger partial charge in [-0.2, -0.15) is 15.8 Å². The van der Waals surface area contributed by atoms with Crippen LogP contribution in [0.3, 0.4) is 0 Å². The molecule has 2 saturated heterocycles. The third-order valence-corrected chi connectivity index (χ3v) is 5.85. The first-order chi connectivity index (χ1) is 13.4. The normalized spacial score (nSPS) is 34.2. The van der Waals surface area contributed by atoms with Crippen LogP contribution in [-0.2, 0) is 9.47 Å². The topological polar surface area (TPSA) is 157 Å². The van der Waals surface area contributed by atoms with E-state index in [1.807, 2.05) is 18.2 Å². The van der Waals surface area contributed by atoms with Crippen LogP contribution in [0.1, 0.15) is 24.5 Å². The Hall–Kier alpha value is -3.74. The first-order valence-electron chi connectivity index (χ1n) is 8.52. The summed E-state index contributed by atoms with van der Waals surface area (Å²) < 4.78 is 11.8. The molecule has 2 fully saturated rings. The van der Waals surface area contributed by atoms with E-state index in [0.717, 1.165) is 0 Å². The van der Waals surface area contributed by atoms with Gasteiger partial charge in [0.2, 0.25) is 17.1 Å². The summed E-state index contributed by atoms with van der Waals surface area (Å²) in [4.78, 5) is 10.4. The van der Waals surface area contributed by atoms with Gasteiger partial charge in [0.25, 0.3) is 5.69 Å². The smallest absolute Gasteiger partial charge is 0.269 e. The van der Waals surface area contributed by atoms with E-state index < -0.39 is 39.5 Å². The molecular formula is C19H13N5O4. The predicted molar refractivity (Wildman–Crippen MR) is 92.0 cm³/mol. The molecule has 28 heavy (non-hydrogen) atoms. The van der Waals surface area contributed by atoms with Gasteiger partial charge in [-0.05, 0) is 36.6 Å². The summed E-state index contributed by atoms with van der Waals surface area (Å²) in [6.45, 7) is 0. The van der Waals surface area contributed by atoms with Crippen molar-refractivity contribution < 1.29 is 14.4 Å². The number of nitro groups is 1. The van der Waals surface area contributed by atoms with Crippen LogP contribution < -0.4 is 0 Å². The summed E-state index contributed by atoms with van der Waals surface area (Å²) in [7, 11) is 0. The van der Waals surface area contributed by atoms with Gasteiger partial charge < -0.3 is 9.47 Å². The number of nitro benzene ring substituents is 1. The number of non-ortho nitro benzene ring substituents is 1. The molecule has 2 bridgehead atoms. The fraction of sp³-hybridized carbons (Fsp3) is 0.368. The van der Waals surface area contributed by atoms with Crippen LogP contribution in [-0.4, -0.2) is 16.6 Å². The summed E-state index contributed by atoms with van der Waals surface area (Å²) in [5, 5.41) is 49.5. The molecule has 9 heteroatoms. The molecule has 1 aromatic rings. The number of benzene rings is 1. The summed E-state index contributed by atoms with van der Waals surface area (Å²) in [6.07, 6.45) is 3.24. The van der Waals surface area contributed by atoms with Crippen molar-refractivity contribution in [1.82, 2.24) is 0 Å². The maximum Gasteiger partial charge on any atom is 0.269 e. The molecule has 0 saturated carbocycles. The average Bonchev–Trinajstić information content (AvgIpc) is 2.92. The quantitative estimate of drug-likeness (QED) is 0.473. The Labute approximate surface area is 159 Å². The fourth-order valence-corrected chi connectivity index (χ4v) is 4.55. The Morgan fingerprint density at radius 2 is 1.86 bits per heavy atom. The first-order valence-corrected chi connectivity index (χ1v) is 8.52. The Bertz CT molecular complexity index is 1030. The van der Waals surface area contributed by atoms with E-state index in [0.29, 0.717) is 18.4 Å². The zero-order chi connectivity index (χ0) is 20.2. The molecule has 0 spiro atoms. The van der Waals surface area contributed by atoms with Crippen LogP contribution in [0.5, 0.6) is 0 Å². The molecule has 9 nitrogen and oxygen atoms in total. The van der Waals surface area contributed by atoms with E-state index >= 15 is 0 Å². The fourth-order valence-electron chi connectivity index (χ4n) is 4.55. The Morgan fingerprint density at radius 3 is 2.43 bits per heavy atom. The average molecular weight is 375 g/mol. The summed E-state index contributed by atoms with van der Waals surface area (Å²) in [6, 6.07) is 11.2. The lowest BCUT2D eigenvalue weighted by Gasteiger charge is -2.49. The minimum Gasteiger partial charge on any atom is -0.444 e. The van der Waals surface area contributed by atoms with E-state index in [1.54, 1.807) is 6.08 Å². The minimum absolute atomic E-state index is 0.158. The van der Waals surface area contributed by atoms with Crippen molar-refractivity contribution >= 4 is 11.6 Å². The van der Waals surface area contributed by atoms with Crippen LogP contribution in [0.4, 0.5) is 5.69 Å². The van der Waals surface area contributed by atoms with E-state index in [2.05, 4.69) is 6.07 Å². The van der Waals surface area contributed by atoms with Crippen molar-refractivity contribution in [2.75, 3.05) is 0 Å². The number of rotatable bonds is 2. The molecular weight excluding hydrogens is 362 g/mol. The van der Waals surface area contributed by atoms with Crippen molar-refractivity contribution in [3.63, 3.8) is 0 Å². The lowest BCUT2D eigenvalue weighted by atomic mass is 9.52. The molecule has 138 valence electrons. The number of allylic oxidation sites excluding steroid dienone is 1. The van der Waals surface area contributed by atoms with Gasteiger partial charge >= 0.3 is 0 Å². The van der Waals surface area contributed by atoms with E-state index in [4.69, 9.17) is 14.9 Å². The molecule has 1 aromatic carbocycles. The number of hydrogen-bond donors (Lipinski definition) is 1. The SMILES string of the molecule is N#CC1(C#N)C(c2ccc([N+](=O)[O-])cc2)OC23C=CCCC2C1(C#N)C(=N)O3. The number of ether oxygens (including phenoxy) is 2. The van der Waals surface area contributed by atoms with Crippen molar-refractivity contribution in [2.45, 2.75) is 24.7 Å². The van der Waals surface area contributed by atoms with E-state index in [9.17, 15) is 25.9 Å². The molecule has 4 atom stereocenters. The van der Waals surface area contributed by atoms with Gasteiger partial charge in [-0.15, -0.1) is 0 Å². The summed E-state index contributed by atoms with van der Waals surface area (Å²) >= 11 is 0. The maximum absolute atomic E-state index is 10.9. The van der Waals surface area contributed by atoms with Gasteiger partial charge in [0.05, 0.1) is 29.0 Å². The predicted octanol–water partition coefficient (Wildman–Crippen LogP) is 2.88. The van der Waals surface area contributed by atoms with Crippen LogP contribution in [0.25, 0.3) is 0 Å². The van der Waals surface area contributed by atoms with Gasteiger partial charge in [-0.25, -0.2) is 0 Å². The highest BCUT2D eigenvalue weighted by Crippen LogP contribution is 2.68.